The fourth-order valence-corrected chi connectivity index (χ4v) is 3.78. The third kappa shape index (κ3) is 6.41. The number of rotatable bonds is 11. The first-order valence-electron chi connectivity index (χ1n) is 9.73. The van der Waals surface area contributed by atoms with Crippen molar-refractivity contribution in [3.63, 3.8) is 0 Å². The molecule has 146 valence electrons. The largest absolute Gasteiger partial charge is 0.385 e. The van der Waals surface area contributed by atoms with Crippen molar-refractivity contribution in [2.45, 2.75) is 58.2 Å². The molecule has 1 heterocycles. The van der Waals surface area contributed by atoms with Gasteiger partial charge in [0.1, 0.15) is 6.73 Å². The number of hydrogen-bond donors (Lipinski definition) is 1. The van der Waals surface area contributed by atoms with Crippen LogP contribution in [-0.4, -0.2) is 55.8 Å². The van der Waals surface area contributed by atoms with Gasteiger partial charge in [0.2, 0.25) is 0 Å². The Morgan fingerprint density at radius 2 is 2.04 bits per heavy atom. The van der Waals surface area contributed by atoms with Gasteiger partial charge in [-0.3, -0.25) is 0 Å². The second kappa shape index (κ2) is 9.53. The molecule has 0 aliphatic rings. The molecule has 26 heavy (non-hydrogen) atoms. The van der Waals surface area contributed by atoms with Crippen LogP contribution < -0.4 is 5.32 Å². The second-order valence-corrected chi connectivity index (χ2v) is 14.1. The van der Waals surface area contributed by atoms with E-state index in [0.717, 1.165) is 36.3 Å². The number of hydrogen-bond acceptors (Lipinski definition) is 4. The van der Waals surface area contributed by atoms with E-state index in [9.17, 15) is 0 Å². The lowest BCUT2D eigenvalue weighted by molar-refractivity contribution is 0.0898. The molecule has 6 heteroatoms. The molecule has 1 N–H and O–H groups in total. The summed E-state index contributed by atoms with van der Waals surface area (Å²) >= 11 is 0. The van der Waals surface area contributed by atoms with Crippen LogP contribution in [0.4, 0.5) is 5.69 Å². The van der Waals surface area contributed by atoms with Crippen molar-refractivity contribution >= 4 is 24.8 Å². The van der Waals surface area contributed by atoms with Crippen LogP contribution in [0.2, 0.25) is 25.7 Å². The van der Waals surface area contributed by atoms with Crippen LogP contribution in [0.25, 0.3) is 11.0 Å². The third-order valence-electron chi connectivity index (χ3n) is 4.86. The summed E-state index contributed by atoms with van der Waals surface area (Å²) in [4.78, 5) is 6.79. The lowest BCUT2D eigenvalue weighted by atomic mass is 10.1. The maximum Gasteiger partial charge on any atom is 0.124 e. The van der Waals surface area contributed by atoms with E-state index in [2.05, 4.69) is 78.6 Å². The van der Waals surface area contributed by atoms with Gasteiger partial charge in [-0.25, -0.2) is 4.98 Å². The quantitative estimate of drug-likeness (QED) is 0.463. The number of fused-ring (bicyclic) bond motifs is 1. The molecule has 1 aromatic heterocycles. The highest BCUT2D eigenvalue weighted by molar-refractivity contribution is 6.76. The molecule has 0 saturated heterocycles. The van der Waals surface area contributed by atoms with Crippen molar-refractivity contribution < 1.29 is 4.74 Å². The predicted molar refractivity (Wildman–Crippen MR) is 115 cm³/mol. The van der Waals surface area contributed by atoms with E-state index in [0.29, 0.717) is 12.8 Å². The highest BCUT2D eigenvalue weighted by Gasteiger charge is 2.12. The van der Waals surface area contributed by atoms with Gasteiger partial charge in [0.15, 0.2) is 0 Å². The predicted octanol–water partition coefficient (Wildman–Crippen LogP) is 4.49. The van der Waals surface area contributed by atoms with Gasteiger partial charge in [0.25, 0.3) is 0 Å². The van der Waals surface area contributed by atoms with Crippen LogP contribution in [0.5, 0.6) is 0 Å². The Morgan fingerprint density at radius 1 is 1.27 bits per heavy atom. The Labute approximate surface area is 159 Å². The van der Waals surface area contributed by atoms with E-state index in [1.54, 1.807) is 0 Å². The van der Waals surface area contributed by atoms with Gasteiger partial charge in [-0.05, 0) is 51.2 Å². The smallest absolute Gasteiger partial charge is 0.124 e. The molecule has 0 aliphatic heterocycles. The van der Waals surface area contributed by atoms with Gasteiger partial charge < -0.3 is 19.5 Å². The Kier molecular flexibility index (Phi) is 7.67. The minimum atomic E-state index is -1.04. The fourth-order valence-electron chi connectivity index (χ4n) is 3.02. The first-order chi connectivity index (χ1) is 12.3. The van der Waals surface area contributed by atoms with Gasteiger partial charge in [0.05, 0.1) is 17.4 Å². The molecule has 1 atom stereocenters. The Bertz CT molecular complexity index is 678. The van der Waals surface area contributed by atoms with E-state index in [-0.39, 0.29) is 0 Å². The average molecular weight is 377 g/mol. The number of ether oxygens (including phenoxy) is 1. The van der Waals surface area contributed by atoms with E-state index in [1.807, 2.05) is 6.33 Å². The van der Waals surface area contributed by atoms with Gasteiger partial charge >= 0.3 is 0 Å². The first-order valence-corrected chi connectivity index (χ1v) is 13.4. The summed E-state index contributed by atoms with van der Waals surface area (Å²) in [6.07, 6.45) is 4.19. The lowest BCUT2D eigenvalue weighted by Gasteiger charge is -2.23. The number of anilines is 1. The van der Waals surface area contributed by atoms with E-state index in [4.69, 9.17) is 4.74 Å². The van der Waals surface area contributed by atoms with Crippen molar-refractivity contribution in [3.8, 4) is 0 Å². The number of nitrogens with one attached hydrogen (secondary N) is 1. The lowest BCUT2D eigenvalue weighted by Crippen LogP contribution is -2.29. The molecule has 0 fully saturated rings. The maximum atomic E-state index is 5.89. The van der Waals surface area contributed by atoms with E-state index >= 15 is 0 Å². The molecule has 2 rings (SSSR count). The van der Waals surface area contributed by atoms with Crippen molar-refractivity contribution in [1.82, 2.24) is 14.5 Å². The molecule has 2 aromatic rings. The fraction of sp³-hybridized carbons (Fsp3) is 0.650. The number of benzene rings is 1. The molecule has 0 amide bonds. The normalized spacial score (nSPS) is 13.5. The Hall–Kier alpha value is -1.37. The maximum absolute atomic E-state index is 5.89. The number of imidazole rings is 1. The number of aromatic nitrogens is 2. The monoisotopic (exact) mass is 376 g/mol. The molecule has 5 nitrogen and oxygen atoms in total. The summed E-state index contributed by atoms with van der Waals surface area (Å²) < 4.78 is 7.98. The highest BCUT2D eigenvalue weighted by atomic mass is 28.3. The standard InChI is InChI=1S/C20H36N4OSi/c1-7-18(23(2)3)10-11-21-17-8-9-19-20(14-17)24(15-22-19)16-25-12-13-26(4,5)6/h8-9,14-15,18,21H,7,10-13,16H2,1-6H3. The minimum absolute atomic E-state index is 0.572. The highest BCUT2D eigenvalue weighted by Crippen LogP contribution is 2.19. The zero-order chi connectivity index (χ0) is 19.2. The molecule has 0 spiro atoms. The summed E-state index contributed by atoms with van der Waals surface area (Å²) in [5, 5.41) is 3.56. The van der Waals surface area contributed by atoms with Crippen molar-refractivity contribution in [1.29, 1.82) is 0 Å². The van der Waals surface area contributed by atoms with E-state index in [1.165, 1.54) is 12.5 Å². The van der Waals surface area contributed by atoms with Gasteiger partial charge in [-0.1, -0.05) is 26.6 Å². The second-order valence-electron chi connectivity index (χ2n) is 8.51. The van der Waals surface area contributed by atoms with Crippen LogP contribution in [0, 0.1) is 0 Å². The van der Waals surface area contributed by atoms with Crippen molar-refractivity contribution in [2.24, 2.45) is 0 Å². The summed E-state index contributed by atoms with van der Waals surface area (Å²) in [6, 6.07) is 8.19. The topological polar surface area (TPSA) is 42.3 Å². The van der Waals surface area contributed by atoms with Crippen LogP contribution >= 0.6 is 0 Å². The van der Waals surface area contributed by atoms with Crippen LogP contribution in [0.1, 0.15) is 19.8 Å². The summed E-state index contributed by atoms with van der Waals surface area (Å²) in [5.41, 5.74) is 3.29. The Morgan fingerprint density at radius 3 is 2.69 bits per heavy atom. The molecule has 0 aliphatic carbocycles. The summed E-state index contributed by atoms with van der Waals surface area (Å²) in [6.45, 7) is 11.8. The Balaban J connectivity index is 1.92. The molecule has 0 bridgehead atoms. The van der Waals surface area contributed by atoms with E-state index < -0.39 is 8.07 Å². The number of nitrogens with zero attached hydrogens (tertiary/aromatic N) is 3. The van der Waals surface area contributed by atoms with Crippen LogP contribution in [-0.2, 0) is 11.5 Å². The summed E-state index contributed by atoms with van der Waals surface area (Å²) in [7, 11) is 3.27. The average Bonchev–Trinajstić information content (AvgIpc) is 2.97. The van der Waals surface area contributed by atoms with Gasteiger partial charge in [-0.15, -0.1) is 0 Å². The molecule has 1 aromatic carbocycles. The zero-order valence-corrected chi connectivity index (χ0v) is 18.4. The molecular formula is C20H36N4OSi. The summed E-state index contributed by atoms with van der Waals surface area (Å²) in [5.74, 6) is 0. The van der Waals surface area contributed by atoms with Crippen molar-refractivity contribution in [3.05, 3.63) is 24.5 Å². The minimum Gasteiger partial charge on any atom is -0.385 e. The van der Waals surface area contributed by atoms with Gasteiger partial charge in [-0.2, -0.15) is 0 Å². The first kappa shape index (κ1) is 20.9. The third-order valence-corrected chi connectivity index (χ3v) is 6.56. The molecule has 1 unspecified atom stereocenters. The zero-order valence-electron chi connectivity index (χ0n) is 17.4. The SMILES string of the molecule is CCC(CCNc1ccc2ncn(COCC[Si](C)(C)C)c2c1)N(C)C. The van der Waals surface area contributed by atoms with Gasteiger partial charge in [0, 0.05) is 33.0 Å². The van der Waals surface area contributed by atoms with Crippen LogP contribution in [0.3, 0.4) is 0 Å². The molecular weight excluding hydrogens is 340 g/mol. The van der Waals surface area contributed by atoms with Crippen LogP contribution in [0.15, 0.2) is 24.5 Å². The molecule has 0 radical (unpaired) electrons. The molecule has 0 saturated carbocycles. The van der Waals surface area contributed by atoms with Crippen molar-refractivity contribution in [2.75, 3.05) is 32.6 Å².